The van der Waals surface area contributed by atoms with Gasteiger partial charge in [-0.15, -0.1) is 0 Å². The van der Waals surface area contributed by atoms with Gasteiger partial charge in [-0.2, -0.15) is 0 Å². The summed E-state index contributed by atoms with van der Waals surface area (Å²) in [4.78, 5) is 16.1. The van der Waals surface area contributed by atoms with Crippen molar-refractivity contribution in [1.29, 1.82) is 0 Å². The first-order chi connectivity index (χ1) is 9.16. The molecule has 1 amide bonds. The number of hydrogen-bond donors (Lipinski definition) is 1. The highest BCUT2D eigenvalue weighted by atomic mass is 35.5. The molecular weight excluding hydrogens is 262 g/mol. The Morgan fingerprint density at radius 1 is 1.32 bits per heavy atom. The number of anilines is 1. The molecule has 0 aliphatic carbocycles. The minimum Gasteiger partial charge on any atom is -0.315 e. The van der Waals surface area contributed by atoms with E-state index in [0.29, 0.717) is 11.4 Å². The number of nitrogens with zero attached hydrogens (tertiary/aromatic N) is 2. The first-order valence-corrected chi connectivity index (χ1v) is 7.00. The van der Waals surface area contributed by atoms with Gasteiger partial charge in [-0.3, -0.25) is 4.79 Å². The third kappa shape index (κ3) is 4.20. The van der Waals surface area contributed by atoms with Gasteiger partial charge in [-0.25, -0.2) is 0 Å². The van der Waals surface area contributed by atoms with Crippen LogP contribution in [-0.2, 0) is 4.79 Å². The Hall–Kier alpha value is -1.10. The molecule has 0 spiro atoms. The van der Waals surface area contributed by atoms with E-state index in [0.717, 1.165) is 38.4 Å². The molecule has 1 heterocycles. The van der Waals surface area contributed by atoms with E-state index in [1.165, 1.54) is 0 Å². The van der Waals surface area contributed by atoms with Crippen molar-refractivity contribution in [2.24, 2.45) is 0 Å². The van der Waals surface area contributed by atoms with Gasteiger partial charge < -0.3 is 15.1 Å². The molecule has 0 atom stereocenters. The average molecular weight is 282 g/mol. The number of amides is 1. The molecule has 1 saturated heterocycles. The second-order valence-corrected chi connectivity index (χ2v) is 5.21. The molecule has 1 aromatic carbocycles. The number of rotatable bonds is 4. The fraction of sp³-hybridized carbons (Fsp3) is 0.500. The fourth-order valence-electron chi connectivity index (χ4n) is 2.16. The van der Waals surface area contributed by atoms with Gasteiger partial charge in [-0.1, -0.05) is 11.6 Å². The number of piperazine rings is 1. The van der Waals surface area contributed by atoms with E-state index >= 15 is 0 Å². The Kier molecular flexibility index (Phi) is 5.19. The maximum atomic E-state index is 12.1. The Balaban J connectivity index is 1.83. The van der Waals surface area contributed by atoms with E-state index in [2.05, 4.69) is 10.2 Å². The molecule has 0 aromatic heterocycles. The van der Waals surface area contributed by atoms with Gasteiger partial charge in [0.15, 0.2) is 0 Å². The molecule has 0 unspecified atom stereocenters. The number of nitrogens with one attached hydrogen (secondary N) is 1. The van der Waals surface area contributed by atoms with Gasteiger partial charge in [0.1, 0.15) is 0 Å². The first kappa shape index (κ1) is 14.3. The third-order valence-corrected chi connectivity index (χ3v) is 3.69. The summed E-state index contributed by atoms with van der Waals surface area (Å²) in [5.41, 5.74) is 0.884. The molecule has 2 rings (SSSR count). The average Bonchev–Trinajstić information content (AvgIpc) is 2.46. The smallest absolute Gasteiger partial charge is 0.228 e. The Morgan fingerprint density at radius 2 is 1.95 bits per heavy atom. The molecule has 104 valence electrons. The number of carbonyl (C=O) groups is 1. The minimum atomic E-state index is 0.140. The van der Waals surface area contributed by atoms with Crippen molar-refractivity contribution in [3.05, 3.63) is 29.3 Å². The lowest BCUT2D eigenvalue weighted by Gasteiger charge is -2.27. The quantitative estimate of drug-likeness (QED) is 0.911. The predicted octanol–water partition coefficient (Wildman–Crippen LogP) is 1.60. The number of benzene rings is 1. The highest BCUT2D eigenvalue weighted by Crippen LogP contribution is 2.17. The molecule has 0 radical (unpaired) electrons. The van der Waals surface area contributed by atoms with Crippen LogP contribution in [0.2, 0.25) is 5.02 Å². The summed E-state index contributed by atoms with van der Waals surface area (Å²) in [6.07, 6.45) is 0.555. The zero-order chi connectivity index (χ0) is 13.7. The largest absolute Gasteiger partial charge is 0.315 e. The standard InChI is InChI=1S/C14H20ClN3O/c1-17(13-4-2-12(15)3-5-13)14(19)6-9-18-10-7-16-8-11-18/h2-5,16H,6-11H2,1H3. The monoisotopic (exact) mass is 281 g/mol. The lowest BCUT2D eigenvalue weighted by atomic mass is 10.2. The van der Waals surface area contributed by atoms with Crippen molar-refractivity contribution < 1.29 is 4.79 Å². The van der Waals surface area contributed by atoms with Crippen LogP contribution in [0.1, 0.15) is 6.42 Å². The van der Waals surface area contributed by atoms with E-state index in [1.807, 2.05) is 19.2 Å². The van der Waals surface area contributed by atoms with Crippen LogP contribution >= 0.6 is 11.6 Å². The Labute approximate surface area is 119 Å². The highest BCUT2D eigenvalue weighted by molar-refractivity contribution is 6.30. The van der Waals surface area contributed by atoms with Crippen LogP contribution in [0.25, 0.3) is 0 Å². The summed E-state index contributed by atoms with van der Waals surface area (Å²) in [6, 6.07) is 7.34. The summed E-state index contributed by atoms with van der Waals surface area (Å²) in [5.74, 6) is 0.140. The summed E-state index contributed by atoms with van der Waals surface area (Å²) < 4.78 is 0. The molecule has 1 aliphatic rings. The van der Waals surface area contributed by atoms with Crippen LogP contribution in [0.15, 0.2) is 24.3 Å². The van der Waals surface area contributed by atoms with Crippen LogP contribution in [0.4, 0.5) is 5.69 Å². The van der Waals surface area contributed by atoms with E-state index in [-0.39, 0.29) is 5.91 Å². The molecular formula is C14H20ClN3O. The van der Waals surface area contributed by atoms with Crippen molar-refractivity contribution >= 4 is 23.2 Å². The topological polar surface area (TPSA) is 35.6 Å². The summed E-state index contributed by atoms with van der Waals surface area (Å²) in [6.45, 7) is 4.91. The summed E-state index contributed by atoms with van der Waals surface area (Å²) in [7, 11) is 1.81. The van der Waals surface area contributed by atoms with Crippen LogP contribution in [0, 0.1) is 0 Å². The summed E-state index contributed by atoms with van der Waals surface area (Å²) >= 11 is 5.84. The number of carbonyl (C=O) groups excluding carboxylic acids is 1. The maximum Gasteiger partial charge on any atom is 0.228 e. The number of hydrogen-bond acceptors (Lipinski definition) is 3. The predicted molar refractivity (Wildman–Crippen MR) is 78.8 cm³/mol. The van der Waals surface area contributed by atoms with Gasteiger partial charge in [0.2, 0.25) is 5.91 Å². The van der Waals surface area contributed by atoms with Crippen LogP contribution in [-0.4, -0.2) is 50.6 Å². The van der Waals surface area contributed by atoms with Gasteiger partial charge in [0.05, 0.1) is 0 Å². The number of halogens is 1. The zero-order valence-corrected chi connectivity index (χ0v) is 12.0. The zero-order valence-electron chi connectivity index (χ0n) is 11.2. The Morgan fingerprint density at radius 3 is 2.58 bits per heavy atom. The minimum absolute atomic E-state index is 0.140. The SMILES string of the molecule is CN(C(=O)CCN1CCNCC1)c1ccc(Cl)cc1. The van der Waals surface area contributed by atoms with E-state index in [1.54, 1.807) is 17.0 Å². The second-order valence-electron chi connectivity index (χ2n) is 4.77. The Bertz CT molecular complexity index is 415. The van der Waals surface area contributed by atoms with Gasteiger partial charge in [-0.05, 0) is 24.3 Å². The molecule has 5 heteroatoms. The molecule has 1 aromatic rings. The fourth-order valence-corrected chi connectivity index (χ4v) is 2.29. The second kappa shape index (κ2) is 6.89. The lowest BCUT2D eigenvalue weighted by molar-refractivity contribution is -0.118. The van der Waals surface area contributed by atoms with Crippen molar-refractivity contribution in [2.45, 2.75) is 6.42 Å². The summed E-state index contributed by atoms with van der Waals surface area (Å²) in [5, 5.41) is 3.99. The first-order valence-electron chi connectivity index (χ1n) is 6.62. The van der Waals surface area contributed by atoms with Crippen molar-refractivity contribution in [1.82, 2.24) is 10.2 Å². The molecule has 4 nitrogen and oxygen atoms in total. The van der Waals surface area contributed by atoms with Gasteiger partial charge >= 0.3 is 0 Å². The molecule has 0 saturated carbocycles. The van der Waals surface area contributed by atoms with Crippen LogP contribution < -0.4 is 10.2 Å². The molecule has 1 fully saturated rings. The normalized spacial score (nSPS) is 16.3. The lowest BCUT2D eigenvalue weighted by Crippen LogP contribution is -2.44. The van der Waals surface area contributed by atoms with Crippen molar-refractivity contribution in [3.8, 4) is 0 Å². The highest BCUT2D eigenvalue weighted by Gasteiger charge is 2.14. The molecule has 0 bridgehead atoms. The maximum absolute atomic E-state index is 12.1. The van der Waals surface area contributed by atoms with E-state index in [9.17, 15) is 4.79 Å². The molecule has 1 N–H and O–H groups in total. The molecule has 19 heavy (non-hydrogen) atoms. The van der Waals surface area contributed by atoms with Gasteiger partial charge in [0, 0.05) is 56.9 Å². The van der Waals surface area contributed by atoms with Crippen molar-refractivity contribution in [2.75, 3.05) is 44.7 Å². The van der Waals surface area contributed by atoms with E-state index in [4.69, 9.17) is 11.6 Å². The van der Waals surface area contributed by atoms with Crippen LogP contribution in [0.3, 0.4) is 0 Å². The molecule has 1 aliphatic heterocycles. The van der Waals surface area contributed by atoms with Crippen molar-refractivity contribution in [3.63, 3.8) is 0 Å². The third-order valence-electron chi connectivity index (χ3n) is 3.44. The van der Waals surface area contributed by atoms with Gasteiger partial charge in [0.25, 0.3) is 0 Å². The van der Waals surface area contributed by atoms with Crippen LogP contribution in [0.5, 0.6) is 0 Å². The van der Waals surface area contributed by atoms with E-state index < -0.39 is 0 Å².